The van der Waals surface area contributed by atoms with Gasteiger partial charge in [-0.25, -0.2) is 9.78 Å². The van der Waals surface area contributed by atoms with Gasteiger partial charge in [0, 0.05) is 5.56 Å². The molecule has 0 amide bonds. The van der Waals surface area contributed by atoms with Crippen molar-refractivity contribution in [2.24, 2.45) is 0 Å². The highest BCUT2D eigenvalue weighted by Gasteiger charge is 2.12. The van der Waals surface area contributed by atoms with Crippen LogP contribution in [0.1, 0.15) is 40.1 Å². The van der Waals surface area contributed by atoms with E-state index in [0.717, 1.165) is 23.1 Å². The maximum atomic E-state index is 11.1. The Kier molecular flexibility index (Phi) is 4.67. The van der Waals surface area contributed by atoms with Crippen molar-refractivity contribution in [1.82, 2.24) is 9.97 Å². The Morgan fingerprint density at radius 1 is 1.00 bits per heavy atom. The summed E-state index contributed by atoms with van der Waals surface area (Å²) < 4.78 is 0. The first kappa shape index (κ1) is 17.9. The van der Waals surface area contributed by atoms with Gasteiger partial charge in [0.1, 0.15) is 11.9 Å². The molecule has 0 aliphatic carbocycles. The van der Waals surface area contributed by atoms with Crippen LogP contribution in [0.2, 0.25) is 0 Å². The molecule has 3 aromatic carbocycles. The highest BCUT2D eigenvalue weighted by atomic mass is 16.4. The number of aromatic amines is 1. The molecule has 0 bridgehead atoms. The fourth-order valence-corrected chi connectivity index (χ4v) is 3.23. The number of aromatic carboxylic acids is 1. The molecule has 0 saturated carbocycles. The lowest BCUT2D eigenvalue weighted by atomic mass is 9.99. The van der Waals surface area contributed by atoms with Crippen LogP contribution in [0.25, 0.3) is 22.4 Å². The summed E-state index contributed by atoms with van der Waals surface area (Å²) in [5.74, 6) is -0.311. The molecule has 3 N–H and O–H groups in total. The first-order valence-corrected chi connectivity index (χ1v) is 9.15. The van der Waals surface area contributed by atoms with E-state index in [1.165, 1.54) is 5.56 Å². The van der Waals surface area contributed by atoms with E-state index in [2.05, 4.69) is 16.9 Å². The maximum Gasteiger partial charge on any atom is 0.335 e. The zero-order chi connectivity index (χ0) is 19.7. The Morgan fingerprint density at radius 3 is 2.25 bits per heavy atom. The quantitative estimate of drug-likeness (QED) is 0.479. The minimum atomic E-state index is -0.969. The molecule has 4 rings (SSSR count). The summed E-state index contributed by atoms with van der Waals surface area (Å²) in [5.41, 5.74) is 5.37. The van der Waals surface area contributed by atoms with Gasteiger partial charge in [0.15, 0.2) is 0 Å². The number of carboxylic acids is 1. The zero-order valence-corrected chi connectivity index (χ0v) is 15.4. The first-order valence-electron chi connectivity index (χ1n) is 9.15. The van der Waals surface area contributed by atoms with Crippen molar-refractivity contribution in [3.8, 4) is 11.4 Å². The molecule has 140 valence electrons. The Labute approximate surface area is 162 Å². The van der Waals surface area contributed by atoms with E-state index in [0.29, 0.717) is 16.9 Å². The van der Waals surface area contributed by atoms with Gasteiger partial charge < -0.3 is 15.2 Å². The summed E-state index contributed by atoms with van der Waals surface area (Å²) in [4.78, 5) is 18.8. The SMILES string of the molecule is CCc1ccc(C(O)c2ccc(-c3nc4ccc(C(=O)O)cc4[nH]3)cc2)cc1. The van der Waals surface area contributed by atoms with Crippen molar-refractivity contribution in [2.45, 2.75) is 19.4 Å². The van der Waals surface area contributed by atoms with Crippen LogP contribution in [0, 0.1) is 0 Å². The Bertz CT molecular complexity index is 1130. The summed E-state index contributed by atoms with van der Waals surface area (Å²) >= 11 is 0. The number of carbonyl (C=O) groups is 1. The van der Waals surface area contributed by atoms with Crippen LogP contribution in [0.3, 0.4) is 0 Å². The molecule has 0 saturated heterocycles. The number of H-pyrrole nitrogens is 1. The minimum Gasteiger partial charge on any atom is -0.478 e. The number of aromatic nitrogens is 2. The summed E-state index contributed by atoms with van der Waals surface area (Å²) in [7, 11) is 0. The highest BCUT2D eigenvalue weighted by Crippen LogP contribution is 2.26. The number of hydrogen-bond acceptors (Lipinski definition) is 3. The molecule has 5 nitrogen and oxygen atoms in total. The number of benzene rings is 3. The molecule has 28 heavy (non-hydrogen) atoms. The first-order chi connectivity index (χ1) is 13.5. The third kappa shape index (κ3) is 3.40. The number of nitrogens with one attached hydrogen (secondary N) is 1. The molecule has 0 spiro atoms. The second-order valence-electron chi connectivity index (χ2n) is 6.74. The van der Waals surface area contributed by atoms with E-state index < -0.39 is 12.1 Å². The molecule has 1 heterocycles. The molecular weight excluding hydrogens is 352 g/mol. The highest BCUT2D eigenvalue weighted by molar-refractivity contribution is 5.93. The molecule has 0 fully saturated rings. The van der Waals surface area contributed by atoms with Gasteiger partial charge in [-0.1, -0.05) is 55.5 Å². The molecule has 1 aromatic heterocycles. The molecule has 0 aliphatic heterocycles. The van der Waals surface area contributed by atoms with Gasteiger partial charge in [-0.2, -0.15) is 0 Å². The Balaban J connectivity index is 1.60. The van der Waals surface area contributed by atoms with Crippen molar-refractivity contribution < 1.29 is 15.0 Å². The number of hydrogen-bond donors (Lipinski definition) is 3. The summed E-state index contributed by atoms with van der Waals surface area (Å²) in [5, 5.41) is 19.8. The van der Waals surface area contributed by atoms with Crippen LogP contribution >= 0.6 is 0 Å². The molecule has 5 heteroatoms. The van der Waals surface area contributed by atoms with E-state index in [4.69, 9.17) is 5.11 Å². The number of aliphatic hydroxyl groups excluding tert-OH is 1. The summed E-state index contributed by atoms with van der Waals surface area (Å²) in [6.45, 7) is 2.10. The van der Waals surface area contributed by atoms with Crippen molar-refractivity contribution in [2.75, 3.05) is 0 Å². The van der Waals surface area contributed by atoms with Crippen LogP contribution in [0.15, 0.2) is 66.7 Å². The lowest BCUT2D eigenvalue weighted by molar-refractivity contribution is 0.0697. The number of nitrogens with zero attached hydrogens (tertiary/aromatic N) is 1. The van der Waals surface area contributed by atoms with Crippen LogP contribution < -0.4 is 0 Å². The molecule has 1 atom stereocenters. The smallest absolute Gasteiger partial charge is 0.335 e. The molecule has 1 unspecified atom stereocenters. The second-order valence-corrected chi connectivity index (χ2v) is 6.74. The van der Waals surface area contributed by atoms with Gasteiger partial charge in [0.25, 0.3) is 0 Å². The van der Waals surface area contributed by atoms with E-state index in [1.54, 1.807) is 18.2 Å². The number of imidazole rings is 1. The molecule has 0 aliphatic rings. The number of aliphatic hydroxyl groups is 1. The summed E-state index contributed by atoms with van der Waals surface area (Å²) in [6.07, 6.45) is 0.282. The van der Waals surface area contributed by atoms with Crippen LogP contribution in [0.4, 0.5) is 0 Å². The van der Waals surface area contributed by atoms with E-state index in [1.807, 2.05) is 48.5 Å². The van der Waals surface area contributed by atoms with Gasteiger partial charge >= 0.3 is 5.97 Å². The minimum absolute atomic E-state index is 0.218. The van der Waals surface area contributed by atoms with E-state index in [-0.39, 0.29) is 5.56 Å². The lowest BCUT2D eigenvalue weighted by Crippen LogP contribution is -1.99. The van der Waals surface area contributed by atoms with Gasteiger partial charge in [0.2, 0.25) is 0 Å². The van der Waals surface area contributed by atoms with Crippen molar-refractivity contribution in [3.63, 3.8) is 0 Å². The van der Waals surface area contributed by atoms with Crippen molar-refractivity contribution in [3.05, 3.63) is 89.0 Å². The molecular formula is C23H20N2O3. The van der Waals surface area contributed by atoms with Crippen LogP contribution in [-0.4, -0.2) is 26.2 Å². The standard InChI is InChI=1S/C23H20N2O3/c1-2-14-3-5-15(6-4-14)21(26)16-7-9-17(10-8-16)22-24-19-12-11-18(23(27)28)13-20(19)25-22/h3-13,21,26H,2H2,1H3,(H,24,25)(H,27,28). The average molecular weight is 372 g/mol. The van der Waals surface area contributed by atoms with Crippen LogP contribution in [0.5, 0.6) is 0 Å². The lowest BCUT2D eigenvalue weighted by Gasteiger charge is -2.12. The van der Waals surface area contributed by atoms with E-state index in [9.17, 15) is 9.90 Å². The van der Waals surface area contributed by atoms with E-state index >= 15 is 0 Å². The topological polar surface area (TPSA) is 86.2 Å². The second kappa shape index (κ2) is 7.29. The molecule has 0 radical (unpaired) electrons. The van der Waals surface area contributed by atoms with Crippen molar-refractivity contribution in [1.29, 1.82) is 0 Å². The normalized spacial score (nSPS) is 12.2. The Hall–Kier alpha value is -3.44. The van der Waals surface area contributed by atoms with Gasteiger partial charge in [-0.3, -0.25) is 0 Å². The van der Waals surface area contributed by atoms with Crippen molar-refractivity contribution >= 4 is 17.0 Å². The number of fused-ring (bicyclic) bond motifs is 1. The summed E-state index contributed by atoms with van der Waals surface area (Å²) in [6, 6.07) is 20.3. The van der Waals surface area contributed by atoms with Gasteiger partial charge in [0.05, 0.1) is 16.6 Å². The molecule has 4 aromatic rings. The van der Waals surface area contributed by atoms with Gasteiger partial charge in [-0.15, -0.1) is 0 Å². The largest absolute Gasteiger partial charge is 0.478 e. The predicted molar refractivity (Wildman–Crippen MR) is 108 cm³/mol. The zero-order valence-electron chi connectivity index (χ0n) is 15.4. The number of aryl methyl sites for hydroxylation is 1. The number of carboxylic acid groups (broad SMARTS) is 1. The fourth-order valence-electron chi connectivity index (χ4n) is 3.23. The van der Waals surface area contributed by atoms with Crippen LogP contribution in [-0.2, 0) is 6.42 Å². The van der Waals surface area contributed by atoms with Gasteiger partial charge in [-0.05, 0) is 41.3 Å². The predicted octanol–water partition coefficient (Wildman–Crippen LogP) is 4.57. The third-order valence-corrected chi connectivity index (χ3v) is 4.93. The number of rotatable bonds is 5. The maximum absolute atomic E-state index is 11.1. The third-order valence-electron chi connectivity index (χ3n) is 4.93. The average Bonchev–Trinajstić information content (AvgIpc) is 3.17. The monoisotopic (exact) mass is 372 g/mol. The fraction of sp³-hybridized carbons (Fsp3) is 0.130. The Morgan fingerprint density at radius 2 is 1.64 bits per heavy atom.